The van der Waals surface area contributed by atoms with Gasteiger partial charge in [0.1, 0.15) is 5.82 Å². The lowest BCUT2D eigenvalue weighted by Gasteiger charge is -2.37. The third-order valence-corrected chi connectivity index (χ3v) is 3.08. The lowest BCUT2D eigenvalue weighted by molar-refractivity contribution is -0.0893. The predicted octanol–water partition coefficient (Wildman–Crippen LogP) is 1.51. The highest BCUT2D eigenvalue weighted by molar-refractivity contribution is 6.47. The molecule has 18 heavy (non-hydrogen) atoms. The quantitative estimate of drug-likeness (QED) is 0.821. The summed E-state index contributed by atoms with van der Waals surface area (Å²) in [6, 6.07) is 5.94. The van der Waals surface area contributed by atoms with E-state index in [0.29, 0.717) is 5.56 Å². The molecule has 0 saturated carbocycles. The molecule has 0 spiro atoms. The van der Waals surface area contributed by atoms with E-state index in [9.17, 15) is 9.50 Å². The summed E-state index contributed by atoms with van der Waals surface area (Å²) in [6.45, 7) is 6.64. The van der Waals surface area contributed by atoms with Crippen molar-refractivity contribution < 1.29 is 14.2 Å². The van der Waals surface area contributed by atoms with Crippen LogP contribution in [-0.2, 0) is 4.65 Å². The molecule has 0 aliphatic heterocycles. The zero-order chi connectivity index (χ0) is 14.0. The zero-order valence-corrected chi connectivity index (χ0v) is 11.0. The maximum Gasteiger partial charge on any atom is 0.333 e. The van der Waals surface area contributed by atoms with Crippen LogP contribution in [0.2, 0.25) is 0 Å². The van der Waals surface area contributed by atoms with Crippen molar-refractivity contribution in [2.75, 3.05) is 0 Å². The molecule has 0 aliphatic carbocycles. The fraction of sp³-hybridized carbons (Fsp3) is 0.462. The number of halogens is 1. The Morgan fingerprint density at radius 2 is 1.94 bits per heavy atom. The molecule has 0 bridgehead atoms. The molecule has 0 saturated heterocycles. The first-order valence-electron chi connectivity index (χ1n) is 5.60. The summed E-state index contributed by atoms with van der Waals surface area (Å²) in [5.74, 6) is -0.472. The van der Waals surface area contributed by atoms with Crippen molar-refractivity contribution in [3.05, 3.63) is 29.6 Å². The monoisotopic (exact) mass is 248 g/mol. The van der Waals surface area contributed by atoms with Crippen LogP contribution in [0.25, 0.3) is 0 Å². The molecular formula is C13H16BFNO2. The Bertz CT molecular complexity index is 475. The van der Waals surface area contributed by atoms with E-state index in [0.717, 1.165) is 0 Å². The van der Waals surface area contributed by atoms with Gasteiger partial charge >= 0.3 is 7.48 Å². The van der Waals surface area contributed by atoms with Gasteiger partial charge in [0.05, 0.1) is 22.8 Å². The minimum absolute atomic E-state index is 0.186. The standard InChI is InChI=1S/C13H16BFNO2/c1-12(2,17)13(3,4)18-14-10-7-9(8-16)5-6-11(10)15/h5-7,17H,1-4H3. The molecule has 1 radical (unpaired) electrons. The second-order valence-corrected chi connectivity index (χ2v) is 5.15. The molecule has 1 N–H and O–H groups in total. The van der Waals surface area contributed by atoms with Crippen molar-refractivity contribution in [1.29, 1.82) is 5.26 Å². The Hall–Kier alpha value is -1.38. The number of nitrogens with zero attached hydrogens (tertiary/aromatic N) is 1. The summed E-state index contributed by atoms with van der Waals surface area (Å²) in [4.78, 5) is 0. The number of hydrogen-bond acceptors (Lipinski definition) is 3. The summed E-state index contributed by atoms with van der Waals surface area (Å²) in [5, 5.41) is 18.6. The first-order chi connectivity index (χ1) is 8.17. The Morgan fingerprint density at radius 1 is 1.33 bits per heavy atom. The molecular weight excluding hydrogens is 232 g/mol. The Morgan fingerprint density at radius 3 is 2.44 bits per heavy atom. The van der Waals surface area contributed by atoms with Crippen LogP contribution in [0.3, 0.4) is 0 Å². The third kappa shape index (κ3) is 3.31. The van der Waals surface area contributed by atoms with Crippen LogP contribution in [0, 0.1) is 17.1 Å². The summed E-state index contributed by atoms with van der Waals surface area (Å²) in [7, 11) is 1.23. The van der Waals surface area contributed by atoms with Crippen molar-refractivity contribution in [1.82, 2.24) is 0 Å². The Balaban J connectivity index is 2.84. The van der Waals surface area contributed by atoms with Crippen LogP contribution in [-0.4, -0.2) is 23.8 Å². The minimum atomic E-state index is -1.08. The van der Waals surface area contributed by atoms with Crippen molar-refractivity contribution in [2.45, 2.75) is 38.9 Å². The highest BCUT2D eigenvalue weighted by atomic mass is 19.1. The lowest BCUT2D eigenvalue weighted by atomic mass is 9.82. The maximum atomic E-state index is 13.5. The van der Waals surface area contributed by atoms with E-state index < -0.39 is 17.0 Å². The molecule has 5 heteroatoms. The summed E-state index contributed by atoms with van der Waals surface area (Å²) < 4.78 is 18.9. The zero-order valence-electron chi connectivity index (χ0n) is 11.0. The lowest BCUT2D eigenvalue weighted by Crippen LogP contribution is -2.49. The van der Waals surface area contributed by atoms with Gasteiger partial charge in [-0.25, -0.2) is 4.39 Å². The van der Waals surface area contributed by atoms with Gasteiger partial charge in [-0.1, -0.05) is 0 Å². The van der Waals surface area contributed by atoms with Crippen LogP contribution in [0.15, 0.2) is 18.2 Å². The van der Waals surface area contributed by atoms with Gasteiger partial charge < -0.3 is 9.76 Å². The first-order valence-corrected chi connectivity index (χ1v) is 5.60. The average Bonchev–Trinajstić information content (AvgIpc) is 2.26. The molecule has 1 aromatic carbocycles. The van der Waals surface area contributed by atoms with Gasteiger partial charge in [-0.15, -0.1) is 0 Å². The number of nitriles is 1. The number of benzene rings is 1. The van der Waals surface area contributed by atoms with Gasteiger partial charge in [-0.05, 0) is 51.4 Å². The molecule has 0 amide bonds. The molecule has 3 nitrogen and oxygen atoms in total. The molecule has 1 rings (SSSR count). The molecule has 0 aliphatic rings. The summed E-state index contributed by atoms with van der Waals surface area (Å²) >= 11 is 0. The number of rotatable bonds is 4. The highest BCUT2D eigenvalue weighted by Gasteiger charge is 2.35. The van der Waals surface area contributed by atoms with Crippen molar-refractivity contribution >= 4 is 12.9 Å². The predicted molar refractivity (Wildman–Crippen MR) is 68.0 cm³/mol. The van der Waals surface area contributed by atoms with Crippen molar-refractivity contribution in [3.8, 4) is 6.07 Å². The van der Waals surface area contributed by atoms with Crippen LogP contribution < -0.4 is 5.46 Å². The van der Waals surface area contributed by atoms with Crippen molar-refractivity contribution in [2.24, 2.45) is 0 Å². The van der Waals surface area contributed by atoms with Crippen molar-refractivity contribution in [3.63, 3.8) is 0 Å². The van der Waals surface area contributed by atoms with Gasteiger partial charge in [0.25, 0.3) is 0 Å². The molecule has 0 heterocycles. The van der Waals surface area contributed by atoms with Gasteiger partial charge in [-0.2, -0.15) is 5.26 Å². The molecule has 95 valence electrons. The van der Waals surface area contributed by atoms with E-state index >= 15 is 0 Å². The van der Waals surface area contributed by atoms with Gasteiger partial charge in [-0.3, -0.25) is 0 Å². The first kappa shape index (κ1) is 14.7. The van der Waals surface area contributed by atoms with Gasteiger partial charge in [0, 0.05) is 0 Å². The summed E-state index contributed by atoms with van der Waals surface area (Å²) in [6.07, 6.45) is 0. The maximum absolute atomic E-state index is 13.5. The van der Waals surface area contributed by atoms with E-state index in [1.54, 1.807) is 27.7 Å². The second kappa shape index (κ2) is 5.09. The normalized spacial score (nSPS) is 12.1. The van der Waals surface area contributed by atoms with E-state index in [2.05, 4.69) is 0 Å². The number of aliphatic hydroxyl groups is 1. The minimum Gasteiger partial charge on any atom is -0.427 e. The van der Waals surface area contributed by atoms with Crippen LogP contribution >= 0.6 is 0 Å². The molecule has 1 aromatic rings. The van der Waals surface area contributed by atoms with E-state index in [1.165, 1.54) is 25.7 Å². The van der Waals surface area contributed by atoms with Gasteiger partial charge in [0.15, 0.2) is 0 Å². The summed E-state index contributed by atoms with van der Waals surface area (Å²) in [5.41, 5.74) is -1.41. The number of hydrogen-bond donors (Lipinski definition) is 1. The fourth-order valence-corrected chi connectivity index (χ4v) is 1.06. The molecule has 0 unspecified atom stereocenters. The van der Waals surface area contributed by atoms with Crippen LogP contribution in [0.4, 0.5) is 4.39 Å². The SMILES string of the molecule is CC(C)(O)C(C)(C)O[B]c1cc(C#N)ccc1F. The average molecular weight is 248 g/mol. The van der Waals surface area contributed by atoms with Crippen LogP contribution in [0.1, 0.15) is 33.3 Å². The highest BCUT2D eigenvalue weighted by Crippen LogP contribution is 2.24. The fourth-order valence-electron chi connectivity index (χ4n) is 1.06. The third-order valence-electron chi connectivity index (χ3n) is 3.08. The molecule has 0 atom stereocenters. The topological polar surface area (TPSA) is 53.2 Å². The van der Waals surface area contributed by atoms with Gasteiger partial charge in [0.2, 0.25) is 0 Å². The molecule has 0 aromatic heterocycles. The second-order valence-electron chi connectivity index (χ2n) is 5.15. The smallest absolute Gasteiger partial charge is 0.333 e. The van der Waals surface area contributed by atoms with E-state index in [-0.39, 0.29) is 5.46 Å². The van der Waals surface area contributed by atoms with E-state index in [1.807, 2.05) is 6.07 Å². The Labute approximate surface area is 107 Å². The molecule has 0 fully saturated rings. The van der Waals surface area contributed by atoms with Crippen LogP contribution in [0.5, 0.6) is 0 Å². The largest absolute Gasteiger partial charge is 0.427 e. The Kier molecular flexibility index (Phi) is 4.15. The van der Waals surface area contributed by atoms with E-state index in [4.69, 9.17) is 9.92 Å².